The van der Waals surface area contributed by atoms with Gasteiger partial charge in [0.15, 0.2) is 0 Å². The van der Waals surface area contributed by atoms with Gasteiger partial charge in [0.2, 0.25) is 11.8 Å². The van der Waals surface area contributed by atoms with Crippen LogP contribution < -0.4 is 10.6 Å². The van der Waals surface area contributed by atoms with E-state index in [0.717, 1.165) is 28.4 Å². The molecule has 0 spiro atoms. The van der Waals surface area contributed by atoms with Crippen LogP contribution in [0, 0.1) is 11.3 Å². The molecule has 1 aliphatic carbocycles. The van der Waals surface area contributed by atoms with E-state index < -0.39 is 71.9 Å². The molecule has 0 aromatic carbocycles. The molecule has 0 aromatic rings. The Bertz CT molecular complexity index is 711. The van der Waals surface area contributed by atoms with Crippen molar-refractivity contribution in [2.45, 2.75) is 31.3 Å². The Kier molecular flexibility index (Phi) is 9.15. The highest BCUT2D eigenvalue weighted by Gasteiger charge is 2.65. The number of amides is 2. The second-order valence-corrected chi connectivity index (χ2v) is 6.68. The van der Waals surface area contributed by atoms with E-state index in [-0.39, 0.29) is 6.42 Å². The van der Waals surface area contributed by atoms with Gasteiger partial charge in [-0.2, -0.15) is 0 Å². The van der Waals surface area contributed by atoms with Gasteiger partial charge in [-0.15, -0.1) is 6.58 Å². The number of rotatable bonds is 11. The van der Waals surface area contributed by atoms with E-state index in [1.165, 1.54) is 6.08 Å². The van der Waals surface area contributed by atoms with Gasteiger partial charge in [-0.3, -0.25) is 19.2 Å². The summed E-state index contributed by atoms with van der Waals surface area (Å²) in [5, 5.41) is 4.64. The Morgan fingerprint density at radius 3 is 1.48 bits per heavy atom. The smallest absolute Gasteiger partial charge is 0.328 e. The highest BCUT2D eigenvalue weighted by molar-refractivity contribution is 6.10. The molecule has 0 radical (unpaired) electrons. The first-order valence-electron chi connectivity index (χ1n) is 9.14. The first kappa shape index (κ1) is 25.6. The van der Waals surface area contributed by atoms with Gasteiger partial charge in [0.25, 0.3) is 0 Å². The van der Waals surface area contributed by atoms with Crippen LogP contribution in [0.1, 0.15) is 19.3 Å². The van der Waals surface area contributed by atoms with Crippen LogP contribution in [0.4, 0.5) is 0 Å². The Hall–Kier alpha value is -3.44. The zero-order chi connectivity index (χ0) is 23.8. The number of methoxy groups -OCH3 is 4. The minimum absolute atomic E-state index is 0.0341. The summed E-state index contributed by atoms with van der Waals surface area (Å²) >= 11 is 0. The third kappa shape index (κ3) is 6.03. The van der Waals surface area contributed by atoms with Gasteiger partial charge in [-0.05, 0) is 6.42 Å². The average Bonchev–Trinajstić information content (AvgIpc) is 3.52. The highest BCUT2D eigenvalue weighted by Crippen LogP contribution is 2.54. The van der Waals surface area contributed by atoms with Gasteiger partial charge in [0, 0.05) is 5.92 Å². The second-order valence-electron chi connectivity index (χ2n) is 6.68. The van der Waals surface area contributed by atoms with Crippen LogP contribution in [0.2, 0.25) is 0 Å². The molecule has 1 rings (SSSR count). The van der Waals surface area contributed by atoms with Gasteiger partial charge in [0.05, 0.1) is 41.3 Å². The number of carbonyl (C=O) groups is 6. The number of ether oxygens (including phenoxy) is 4. The number of carbonyl (C=O) groups excluding carboxylic acids is 6. The predicted octanol–water partition coefficient (Wildman–Crippen LogP) is -1.38. The molecule has 0 bridgehead atoms. The minimum Gasteiger partial charge on any atom is -0.469 e. The molecular formula is C19H26N2O10. The maximum absolute atomic E-state index is 13.0. The van der Waals surface area contributed by atoms with Crippen LogP contribution in [0.25, 0.3) is 0 Å². The van der Waals surface area contributed by atoms with Crippen LogP contribution in [-0.4, -0.2) is 76.2 Å². The van der Waals surface area contributed by atoms with Gasteiger partial charge in [-0.1, -0.05) is 6.08 Å². The number of allylic oxidation sites excluding steroid dienone is 1. The fraction of sp³-hybridized carbons (Fsp3) is 0.579. The molecule has 0 aromatic heterocycles. The molecule has 2 N–H and O–H groups in total. The summed E-state index contributed by atoms with van der Waals surface area (Å²) in [4.78, 5) is 72.9. The summed E-state index contributed by atoms with van der Waals surface area (Å²) in [6, 6.07) is -2.79. The van der Waals surface area contributed by atoms with E-state index in [1.807, 2.05) is 0 Å². The number of nitrogens with one attached hydrogen (secondary N) is 2. The summed E-state index contributed by atoms with van der Waals surface area (Å²) in [6.07, 6.45) is 0.378. The molecule has 1 saturated carbocycles. The molecular weight excluding hydrogens is 416 g/mol. The molecule has 0 heterocycles. The number of hydrogen-bond donors (Lipinski definition) is 2. The Morgan fingerprint density at radius 1 is 0.839 bits per heavy atom. The van der Waals surface area contributed by atoms with Crippen molar-refractivity contribution >= 4 is 35.7 Å². The quantitative estimate of drug-likeness (QED) is 0.169. The van der Waals surface area contributed by atoms with E-state index in [9.17, 15) is 28.8 Å². The minimum atomic E-state index is -1.70. The first-order chi connectivity index (χ1) is 14.6. The van der Waals surface area contributed by atoms with Crippen molar-refractivity contribution in [3.63, 3.8) is 0 Å². The zero-order valence-corrected chi connectivity index (χ0v) is 17.7. The average molecular weight is 442 g/mol. The maximum atomic E-state index is 13.0. The molecule has 0 saturated heterocycles. The first-order valence-corrected chi connectivity index (χ1v) is 9.14. The lowest BCUT2D eigenvalue weighted by Crippen LogP contribution is -2.53. The summed E-state index contributed by atoms with van der Waals surface area (Å²) in [5.41, 5.74) is -1.70. The van der Waals surface area contributed by atoms with Crippen molar-refractivity contribution in [2.75, 3.05) is 28.4 Å². The summed E-state index contributed by atoms with van der Waals surface area (Å²) < 4.78 is 18.2. The van der Waals surface area contributed by atoms with Crippen LogP contribution >= 0.6 is 0 Å². The molecule has 3 atom stereocenters. The van der Waals surface area contributed by atoms with Crippen molar-refractivity contribution in [3.8, 4) is 0 Å². The van der Waals surface area contributed by atoms with Crippen molar-refractivity contribution in [3.05, 3.63) is 12.7 Å². The van der Waals surface area contributed by atoms with Gasteiger partial charge in [0.1, 0.15) is 17.5 Å². The van der Waals surface area contributed by atoms with E-state index in [1.54, 1.807) is 0 Å². The molecule has 12 heteroatoms. The third-order valence-electron chi connectivity index (χ3n) is 4.89. The van der Waals surface area contributed by atoms with Gasteiger partial charge in [-0.25, -0.2) is 9.59 Å². The fourth-order valence-corrected chi connectivity index (χ4v) is 2.94. The van der Waals surface area contributed by atoms with E-state index in [4.69, 9.17) is 0 Å². The van der Waals surface area contributed by atoms with Gasteiger partial charge >= 0.3 is 23.9 Å². The topological polar surface area (TPSA) is 163 Å². The summed E-state index contributed by atoms with van der Waals surface area (Å²) in [5.74, 6) is -5.76. The van der Waals surface area contributed by atoms with Crippen LogP contribution in [0.5, 0.6) is 0 Å². The van der Waals surface area contributed by atoms with Crippen LogP contribution in [0.3, 0.4) is 0 Å². The van der Waals surface area contributed by atoms with Crippen molar-refractivity contribution < 1.29 is 47.7 Å². The monoisotopic (exact) mass is 442 g/mol. The zero-order valence-electron chi connectivity index (χ0n) is 17.7. The third-order valence-corrected chi connectivity index (χ3v) is 4.89. The number of hydrogen-bond acceptors (Lipinski definition) is 10. The molecule has 0 aliphatic heterocycles. The molecule has 2 amide bonds. The fourth-order valence-electron chi connectivity index (χ4n) is 2.94. The molecule has 1 fully saturated rings. The standard InChI is InChI=1S/C19H26N2O10/c1-6-10-9-19(10,17(26)20-11(15(24)30-4)7-13(22)28-2)18(27)21-12(16(25)31-5)8-14(23)29-3/h6,10-12H,1,7-9H2,2-5H3,(H,20,26)(H,21,27)/t10?,11-,12-/m0/s1. The van der Waals surface area contributed by atoms with E-state index in [0.29, 0.717) is 0 Å². The van der Waals surface area contributed by atoms with Gasteiger partial charge < -0.3 is 29.6 Å². The molecule has 1 aliphatic rings. The van der Waals surface area contributed by atoms with E-state index in [2.05, 4.69) is 36.2 Å². The lowest BCUT2D eigenvalue weighted by molar-refractivity contribution is -0.153. The molecule has 31 heavy (non-hydrogen) atoms. The Balaban J connectivity index is 3.08. The van der Waals surface area contributed by atoms with Crippen molar-refractivity contribution in [1.82, 2.24) is 10.6 Å². The second kappa shape index (κ2) is 11.1. The Morgan fingerprint density at radius 2 is 1.23 bits per heavy atom. The van der Waals surface area contributed by atoms with E-state index >= 15 is 0 Å². The van der Waals surface area contributed by atoms with Crippen molar-refractivity contribution in [1.29, 1.82) is 0 Å². The summed E-state index contributed by atoms with van der Waals surface area (Å²) in [7, 11) is 4.35. The molecule has 172 valence electrons. The predicted molar refractivity (Wildman–Crippen MR) is 102 cm³/mol. The lowest BCUT2D eigenvalue weighted by atomic mass is 9.99. The van der Waals surface area contributed by atoms with Crippen LogP contribution in [-0.2, 0) is 47.7 Å². The highest BCUT2D eigenvalue weighted by atomic mass is 16.5. The largest absolute Gasteiger partial charge is 0.469 e. The SMILES string of the molecule is C=CC1CC1(C(=O)N[C@@H](CC(=O)OC)C(=O)OC)C(=O)N[C@@H](CC(=O)OC)C(=O)OC. The maximum Gasteiger partial charge on any atom is 0.328 e. The van der Waals surface area contributed by atoms with Crippen LogP contribution in [0.15, 0.2) is 12.7 Å². The summed E-state index contributed by atoms with van der Waals surface area (Å²) in [6.45, 7) is 3.58. The Labute approximate surface area is 178 Å². The normalized spacial score (nSPS) is 17.7. The molecule has 1 unspecified atom stereocenters. The molecule has 12 nitrogen and oxygen atoms in total. The lowest BCUT2D eigenvalue weighted by Gasteiger charge is -2.23. The number of esters is 4. The van der Waals surface area contributed by atoms with Crippen molar-refractivity contribution in [2.24, 2.45) is 11.3 Å².